The summed E-state index contributed by atoms with van der Waals surface area (Å²) in [5.41, 5.74) is 6.66. The average molecular weight is 357 g/mol. The number of halogens is 1. The van der Waals surface area contributed by atoms with Crippen LogP contribution in [0.1, 0.15) is 52.5 Å². The molecule has 1 atom stereocenters. The van der Waals surface area contributed by atoms with Crippen LogP contribution in [0.5, 0.6) is 5.75 Å². The van der Waals surface area contributed by atoms with E-state index in [2.05, 4.69) is 26.1 Å². The van der Waals surface area contributed by atoms with Gasteiger partial charge < -0.3 is 15.8 Å². The summed E-state index contributed by atoms with van der Waals surface area (Å²) >= 11 is 0. The summed E-state index contributed by atoms with van der Waals surface area (Å²) in [5.74, 6) is 1.44. The Morgan fingerprint density at radius 3 is 2.42 bits per heavy atom. The number of benzene rings is 1. The van der Waals surface area contributed by atoms with E-state index in [0.29, 0.717) is 18.9 Å². The molecule has 1 aromatic rings. The van der Waals surface area contributed by atoms with Crippen LogP contribution < -0.4 is 15.8 Å². The van der Waals surface area contributed by atoms with E-state index in [-0.39, 0.29) is 23.9 Å². The minimum absolute atomic E-state index is 0. The molecule has 1 rings (SSSR count). The third kappa shape index (κ3) is 8.55. The van der Waals surface area contributed by atoms with Crippen molar-refractivity contribution in [3.63, 3.8) is 0 Å². The molecule has 0 bridgehead atoms. The number of aryl methyl sites for hydroxylation is 1. The molecule has 24 heavy (non-hydrogen) atoms. The average Bonchev–Trinajstić information content (AvgIpc) is 2.51. The molecule has 0 radical (unpaired) electrons. The van der Waals surface area contributed by atoms with Gasteiger partial charge in [-0.3, -0.25) is 4.79 Å². The molecule has 1 aromatic carbocycles. The quantitative estimate of drug-likeness (QED) is 0.671. The highest BCUT2D eigenvalue weighted by Gasteiger charge is 2.25. The van der Waals surface area contributed by atoms with Crippen molar-refractivity contribution < 1.29 is 9.53 Å². The first-order valence-corrected chi connectivity index (χ1v) is 8.61. The van der Waals surface area contributed by atoms with E-state index in [1.165, 1.54) is 0 Å². The molecule has 0 saturated heterocycles. The zero-order valence-corrected chi connectivity index (χ0v) is 16.2. The minimum atomic E-state index is -0.316. The van der Waals surface area contributed by atoms with Crippen LogP contribution in [0.25, 0.3) is 0 Å². The predicted octanol–water partition coefficient (Wildman–Crippen LogP) is 3.71. The lowest BCUT2D eigenvalue weighted by Crippen LogP contribution is -2.52. The Morgan fingerprint density at radius 1 is 1.29 bits per heavy atom. The highest BCUT2D eigenvalue weighted by molar-refractivity contribution is 5.85. The molecular weight excluding hydrogens is 324 g/mol. The van der Waals surface area contributed by atoms with Gasteiger partial charge in [0.05, 0.1) is 6.61 Å². The maximum atomic E-state index is 12.2. The van der Waals surface area contributed by atoms with Crippen molar-refractivity contribution in [2.75, 3.05) is 13.2 Å². The van der Waals surface area contributed by atoms with Crippen LogP contribution in [0.3, 0.4) is 0 Å². The molecule has 0 aromatic heterocycles. The fourth-order valence-electron chi connectivity index (χ4n) is 2.72. The van der Waals surface area contributed by atoms with Crippen molar-refractivity contribution in [2.24, 2.45) is 11.7 Å². The highest BCUT2D eigenvalue weighted by atomic mass is 35.5. The molecule has 0 aliphatic carbocycles. The molecule has 5 heteroatoms. The zero-order chi connectivity index (χ0) is 17.3. The van der Waals surface area contributed by atoms with Crippen LogP contribution in [0.15, 0.2) is 24.3 Å². The van der Waals surface area contributed by atoms with Crippen molar-refractivity contribution in [3.05, 3.63) is 29.8 Å². The van der Waals surface area contributed by atoms with Crippen LogP contribution in [0.4, 0.5) is 0 Å². The second-order valence-corrected chi connectivity index (χ2v) is 6.90. The van der Waals surface area contributed by atoms with Crippen molar-refractivity contribution in [1.82, 2.24) is 5.32 Å². The maximum absolute atomic E-state index is 12.2. The Hall–Kier alpha value is -1.26. The zero-order valence-electron chi connectivity index (χ0n) is 15.4. The van der Waals surface area contributed by atoms with Gasteiger partial charge in [-0.05, 0) is 49.8 Å². The van der Waals surface area contributed by atoms with Crippen LogP contribution in [0, 0.1) is 5.92 Å². The third-order valence-corrected chi connectivity index (χ3v) is 3.79. The lowest BCUT2D eigenvalue weighted by Gasteiger charge is -2.31. The summed E-state index contributed by atoms with van der Waals surface area (Å²) in [6.07, 6.45) is 3.09. The number of carbonyl (C=O) groups is 1. The summed E-state index contributed by atoms with van der Waals surface area (Å²) in [7, 11) is 0. The molecule has 0 spiro atoms. The van der Waals surface area contributed by atoms with Crippen LogP contribution in [0.2, 0.25) is 0 Å². The first-order chi connectivity index (χ1) is 10.9. The number of nitrogens with two attached hydrogens (primary N) is 1. The summed E-state index contributed by atoms with van der Waals surface area (Å²) in [5, 5.41) is 3.10. The van der Waals surface area contributed by atoms with E-state index < -0.39 is 0 Å². The standard InChI is InChI=1S/C19H32N2O2.ClH/c1-5-12-23-17-9-6-16(7-10-17)8-11-18(22)21-19(4,14-20)13-15(2)3;/h6-7,9-10,15H,5,8,11-14,20H2,1-4H3,(H,21,22);1H. The van der Waals surface area contributed by atoms with E-state index in [0.717, 1.165) is 37.2 Å². The van der Waals surface area contributed by atoms with Gasteiger partial charge in [0, 0.05) is 18.5 Å². The van der Waals surface area contributed by atoms with Gasteiger partial charge >= 0.3 is 0 Å². The van der Waals surface area contributed by atoms with Gasteiger partial charge in [0.15, 0.2) is 0 Å². The van der Waals surface area contributed by atoms with Crippen LogP contribution >= 0.6 is 12.4 Å². The van der Waals surface area contributed by atoms with Gasteiger partial charge in [0.2, 0.25) is 5.91 Å². The van der Waals surface area contributed by atoms with Gasteiger partial charge in [0.25, 0.3) is 0 Å². The normalized spacial score (nSPS) is 13.1. The third-order valence-electron chi connectivity index (χ3n) is 3.79. The Morgan fingerprint density at radius 2 is 1.92 bits per heavy atom. The lowest BCUT2D eigenvalue weighted by atomic mass is 9.90. The number of hydrogen-bond donors (Lipinski definition) is 2. The second-order valence-electron chi connectivity index (χ2n) is 6.90. The fraction of sp³-hybridized carbons (Fsp3) is 0.632. The van der Waals surface area contributed by atoms with E-state index >= 15 is 0 Å². The van der Waals surface area contributed by atoms with Crippen molar-refractivity contribution in [1.29, 1.82) is 0 Å². The summed E-state index contributed by atoms with van der Waals surface area (Å²) in [4.78, 5) is 12.2. The van der Waals surface area contributed by atoms with Gasteiger partial charge in [-0.2, -0.15) is 0 Å². The summed E-state index contributed by atoms with van der Waals surface area (Å²) in [6, 6.07) is 7.97. The molecule has 0 aliphatic heterocycles. The van der Waals surface area contributed by atoms with Crippen LogP contribution in [-0.2, 0) is 11.2 Å². The molecule has 4 nitrogen and oxygen atoms in total. The number of rotatable bonds is 10. The smallest absolute Gasteiger partial charge is 0.220 e. The molecule has 0 aliphatic rings. The van der Waals surface area contributed by atoms with Gasteiger partial charge in [0.1, 0.15) is 5.75 Å². The van der Waals surface area contributed by atoms with E-state index in [1.807, 2.05) is 31.2 Å². The number of ether oxygens (including phenoxy) is 1. The minimum Gasteiger partial charge on any atom is -0.494 e. The monoisotopic (exact) mass is 356 g/mol. The first-order valence-electron chi connectivity index (χ1n) is 8.61. The van der Waals surface area contributed by atoms with Crippen molar-refractivity contribution in [2.45, 2.75) is 58.9 Å². The highest BCUT2D eigenvalue weighted by Crippen LogP contribution is 2.16. The first kappa shape index (κ1) is 22.7. The largest absolute Gasteiger partial charge is 0.494 e. The number of carbonyl (C=O) groups excluding carboxylic acids is 1. The lowest BCUT2D eigenvalue weighted by molar-refractivity contribution is -0.122. The Labute approximate surface area is 152 Å². The van der Waals surface area contributed by atoms with E-state index in [9.17, 15) is 4.79 Å². The predicted molar refractivity (Wildman–Crippen MR) is 103 cm³/mol. The molecular formula is C19H33ClN2O2. The van der Waals surface area contributed by atoms with Crippen molar-refractivity contribution in [3.8, 4) is 5.75 Å². The summed E-state index contributed by atoms with van der Waals surface area (Å²) < 4.78 is 5.56. The SMILES string of the molecule is CCCOc1ccc(CCC(=O)NC(C)(CN)CC(C)C)cc1.Cl. The number of nitrogens with one attached hydrogen (secondary N) is 1. The molecule has 0 saturated carbocycles. The fourth-order valence-corrected chi connectivity index (χ4v) is 2.72. The Kier molecular flexibility index (Phi) is 10.7. The van der Waals surface area contributed by atoms with Crippen molar-refractivity contribution >= 4 is 18.3 Å². The molecule has 1 amide bonds. The maximum Gasteiger partial charge on any atom is 0.220 e. The number of amides is 1. The molecule has 0 heterocycles. The second kappa shape index (κ2) is 11.3. The van der Waals surface area contributed by atoms with Gasteiger partial charge in [-0.25, -0.2) is 0 Å². The Balaban J connectivity index is 0.00000529. The van der Waals surface area contributed by atoms with E-state index in [1.54, 1.807) is 0 Å². The van der Waals surface area contributed by atoms with E-state index in [4.69, 9.17) is 10.5 Å². The Bertz CT molecular complexity index is 477. The molecule has 3 N–H and O–H groups in total. The van der Waals surface area contributed by atoms with Gasteiger partial charge in [-0.1, -0.05) is 32.9 Å². The van der Waals surface area contributed by atoms with Gasteiger partial charge in [-0.15, -0.1) is 12.4 Å². The van der Waals surface area contributed by atoms with Crippen LogP contribution in [-0.4, -0.2) is 24.6 Å². The molecule has 1 unspecified atom stereocenters. The number of hydrogen-bond acceptors (Lipinski definition) is 3. The molecule has 138 valence electrons. The molecule has 0 fully saturated rings. The topological polar surface area (TPSA) is 64.3 Å². The summed E-state index contributed by atoms with van der Waals surface area (Å²) in [6.45, 7) is 9.58.